The average molecular weight is 271 g/mol. The van der Waals surface area contributed by atoms with Gasteiger partial charge in [-0.15, -0.1) is 6.58 Å². The van der Waals surface area contributed by atoms with Gasteiger partial charge in [-0.1, -0.05) is 6.08 Å². The minimum absolute atomic E-state index is 0.0689. The lowest BCUT2D eigenvalue weighted by Gasteiger charge is -2.39. The fourth-order valence-corrected chi connectivity index (χ4v) is 3.64. The molecule has 3 fully saturated rings. The van der Waals surface area contributed by atoms with E-state index in [4.69, 9.17) is 4.74 Å². The van der Waals surface area contributed by atoms with Crippen LogP contribution in [0.3, 0.4) is 0 Å². The second-order valence-corrected chi connectivity index (χ2v) is 6.00. The zero-order chi connectivity index (χ0) is 13.6. The summed E-state index contributed by atoms with van der Waals surface area (Å²) in [5.74, 6) is -2.77. The zero-order valence-electron chi connectivity index (χ0n) is 10.9. The van der Waals surface area contributed by atoms with Crippen LogP contribution in [0.25, 0.3) is 0 Å². The summed E-state index contributed by atoms with van der Waals surface area (Å²) in [6.07, 6.45) is 3.19. The van der Waals surface area contributed by atoms with Gasteiger partial charge in [0, 0.05) is 37.3 Å². The van der Waals surface area contributed by atoms with Gasteiger partial charge in [0.15, 0.2) is 0 Å². The van der Waals surface area contributed by atoms with E-state index in [1.54, 1.807) is 6.08 Å². The summed E-state index contributed by atoms with van der Waals surface area (Å²) < 4.78 is 31.3. The van der Waals surface area contributed by atoms with Gasteiger partial charge >= 0.3 is 0 Å². The fourth-order valence-electron chi connectivity index (χ4n) is 3.64. The number of amides is 1. The van der Waals surface area contributed by atoms with E-state index in [0.717, 1.165) is 12.8 Å². The predicted octanol–water partition coefficient (Wildman–Crippen LogP) is 2.22. The highest BCUT2D eigenvalue weighted by Gasteiger charge is 2.54. The third-order valence-electron chi connectivity index (χ3n) is 4.63. The molecule has 1 amide bonds. The number of carbonyl (C=O) groups excluding carboxylic acids is 1. The average Bonchev–Trinajstić information content (AvgIpc) is 2.91. The van der Waals surface area contributed by atoms with E-state index < -0.39 is 11.8 Å². The summed E-state index contributed by atoms with van der Waals surface area (Å²) in [6.45, 7) is 4.83. The summed E-state index contributed by atoms with van der Waals surface area (Å²) in [5, 5.41) is 0. The van der Waals surface area contributed by atoms with Gasteiger partial charge in [0.1, 0.15) is 0 Å². The molecule has 0 aromatic carbocycles. The van der Waals surface area contributed by atoms with Gasteiger partial charge in [-0.3, -0.25) is 4.79 Å². The van der Waals surface area contributed by atoms with E-state index in [0.29, 0.717) is 19.1 Å². The van der Waals surface area contributed by atoms with Gasteiger partial charge in [0.25, 0.3) is 0 Å². The normalized spacial score (nSPS) is 36.3. The number of halogens is 2. The van der Waals surface area contributed by atoms with Crippen LogP contribution >= 0.6 is 0 Å². The van der Waals surface area contributed by atoms with Crippen LogP contribution in [0.15, 0.2) is 12.7 Å². The molecule has 106 valence electrons. The summed E-state index contributed by atoms with van der Waals surface area (Å²) >= 11 is 0. The molecule has 0 aromatic rings. The Hall–Kier alpha value is -0.970. The Kier molecular flexibility index (Phi) is 3.12. The van der Waals surface area contributed by atoms with Crippen molar-refractivity contribution >= 4 is 5.91 Å². The van der Waals surface area contributed by atoms with Gasteiger partial charge in [0.2, 0.25) is 11.8 Å². The Morgan fingerprint density at radius 1 is 1.42 bits per heavy atom. The third-order valence-corrected chi connectivity index (χ3v) is 4.63. The largest absolute Gasteiger partial charge is 0.374 e. The number of rotatable bonds is 4. The second kappa shape index (κ2) is 4.54. The number of fused-ring (bicyclic) bond motifs is 2. The van der Waals surface area contributed by atoms with E-state index in [1.807, 2.05) is 4.90 Å². The van der Waals surface area contributed by atoms with E-state index >= 15 is 0 Å². The predicted molar refractivity (Wildman–Crippen MR) is 65.8 cm³/mol. The molecule has 0 N–H and O–H groups in total. The van der Waals surface area contributed by atoms with E-state index in [2.05, 4.69) is 6.58 Å². The lowest BCUT2D eigenvalue weighted by molar-refractivity contribution is -0.162. The van der Waals surface area contributed by atoms with Crippen molar-refractivity contribution in [2.75, 3.05) is 13.2 Å². The van der Waals surface area contributed by atoms with E-state index in [-0.39, 0.29) is 30.9 Å². The maximum absolute atomic E-state index is 12.8. The molecule has 2 saturated carbocycles. The molecule has 0 spiro atoms. The fraction of sp³-hybridized carbons (Fsp3) is 0.786. The highest BCUT2D eigenvalue weighted by Crippen LogP contribution is 2.46. The molecule has 2 bridgehead atoms. The number of nitrogens with zero attached hydrogens (tertiary/aromatic N) is 1. The minimum Gasteiger partial charge on any atom is -0.374 e. The molecule has 1 saturated heterocycles. The number of carbonyl (C=O) groups is 1. The van der Waals surface area contributed by atoms with Crippen LogP contribution in [0, 0.1) is 11.8 Å². The molecule has 3 aliphatic rings. The molecule has 3 rings (SSSR count). The van der Waals surface area contributed by atoms with E-state index in [9.17, 15) is 13.6 Å². The van der Waals surface area contributed by atoms with Crippen molar-refractivity contribution in [2.45, 2.75) is 43.8 Å². The first-order valence-corrected chi connectivity index (χ1v) is 6.91. The Labute approximate surface area is 111 Å². The van der Waals surface area contributed by atoms with Gasteiger partial charge in [-0.05, 0) is 12.8 Å². The summed E-state index contributed by atoms with van der Waals surface area (Å²) in [6, 6.07) is 0.196. The molecule has 3 unspecified atom stereocenters. The Morgan fingerprint density at radius 2 is 2.16 bits per heavy atom. The van der Waals surface area contributed by atoms with E-state index in [1.165, 1.54) is 0 Å². The summed E-state index contributed by atoms with van der Waals surface area (Å²) in [5.41, 5.74) is 0. The molecule has 0 radical (unpaired) electrons. The molecule has 3 atom stereocenters. The van der Waals surface area contributed by atoms with Gasteiger partial charge < -0.3 is 9.64 Å². The standard InChI is InChI=1S/C14H19F2NO2/c1-2-3-19-12-5-11-4-9(12)8-17(11)13(18)10-6-14(15,16)7-10/h2,9-12H,1,3-8H2. The Balaban J connectivity index is 1.53. The smallest absolute Gasteiger partial charge is 0.249 e. The van der Waals surface area contributed by atoms with Crippen LogP contribution in [0.5, 0.6) is 0 Å². The SMILES string of the molecule is C=CCOC1CC2CC1CN2C(=O)C1CC(F)(F)C1. The number of hydrogen-bond acceptors (Lipinski definition) is 2. The molecule has 5 heteroatoms. The van der Waals surface area contributed by atoms with Crippen molar-refractivity contribution in [3.8, 4) is 0 Å². The molecule has 3 nitrogen and oxygen atoms in total. The topological polar surface area (TPSA) is 29.5 Å². The highest BCUT2D eigenvalue weighted by molar-refractivity contribution is 5.81. The molecular formula is C14H19F2NO2. The lowest BCUT2D eigenvalue weighted by atomic mass is 9.80. The number of alkyl halides is 2. The maximum atomic E-state index is 12.8. The van der Waals surface area contributed by atoms with Crippen molar-refractivity contribution < 1.29 is 18.3 Å². The zero-order valence-corrected chi connectivity index (χ0v) is 10.9. The van der Waals surface area contributed by atoms with Gasteiger partial charge in [-0.2, -0.15) is 0 Å². The van der Waals surface area contributed by atoms with Crippen molar-refractivity contribution in [1.29, 1.82) is 0 Å². The van der Waals surface area contributed by atoms with Gasteiger partial charge in [-0.25, -0.2) is 8.78 Å². The number of piperidine rings is 1. The summed E-state index contributed by atoms with van der Waals surface area (Å²) in [4.78, 5) is 14.0. The number of hydrogen-bond donors (Lipinski definition) is 0. The number of ether oxygens (including phenoxy) is 1. The van der Waals surface area contributed by atoms with Crippen molar-refractivity contribution in [1.82, 2.24) is 4.90 Å². The molecular weight excluding hydrogens is 252 g/mol. The van der Waals surface area contributed by atoms with Crippen molar-refractivity contribution in [2.24, 2.45) is 11.8 Å². The molecule has 2 aliphatic carbocycles. The molecule has 1 aliphatic heterocycles. The number of likely N-dealkylation sites (tertiary alicyclic amines) is 1. The summed E-state index contributed by atoms with van der Waals surface area (Å²) in [7, 11) is 0. The van der Waals surface area contributed by atoms with Crippen LogP contribution < -0.4 is 0 Å². The van der Waals surface area contributed by atoms with Crippen LogP contribution in [-0.2, 0) is 9.53 Å². The van der Waals surface area contributed by atoms with Crippen molar-refractivity contribution in [3.63, 3.8) is 0 Å². The quantitative estimate of drug-likeness (QED) is 0.734. The molecule has 0 aromatic heterocycles. The van der Waals surface area contributed by atoms with Crippen LogP contribution in [-0.4, -0.2) is 42.0 Å². The first-order chi connectivity index (χ1) is 9.00. The van der Waals surface area contributed by atoms with Crippen LogP contribution in [0.2, 0.25) is 0 Å². The maximum Gasteiger partial charge on any atom is 0.249 e. The highest BCUT2D eigenvalue weighted by atomic mass is 19.3. The van der Waals surface area contributed by atoms with Crippen LogP contribution in [0.4, 0.5) is 8.78 Å². The Bertz CT molecular complexity index is 391. The van der Waals surface area contributed by atoms with Crippen LogP contribution in [0.1, 0.15) is 25.7 Å². The third kappa shape index (κ3) is 2.29. The molecule has 1 heterocycles. The Morgan fingerprint density at radius 3 is 2.68 bits per heavy atom. The monoisotopic (exact) mass is 271 g/mol. The lowest BCUT2D eigenvalue weighted by Crippen LogP contribution is -2.50. The van der Waals surface area contributed by atoms with Gasteiger partial charge in [0.05, 0.1) is 12.7 Å². The minimum atomic E-state index is -2.62. The first kappa shape index (κ1) is 13.0. The molecule has 19 heavy (non-hydrogen) atoms. The first-order valence-electron chi connectivity index (χ1n) is 6.91. The second-order valence-electron chi connectivity index (χ2n) is 6.00. The van der Waals surface area contributed by atoms with Crippen molar-refractivity contribution in [3.05, 3.63) is 12.7 Å².